The second-order valence-electron chi connectivity index (χ2n) is 8.72. The van der Waals surface area contributed by atoms with E-state index in [9.17, 15) is 0 Å². The summed E-state index contributed by atoms with van der Waals surface area (Å²) >= 11 is 0. The van der Waals surface area contributed by atoms with Gasteiger partial charge in [-0.05, 0) is 49.1 Å². The molecular weight excluding hydrogens is 324 g/mol. The van der Waals surface area contributed by atoms with E-state index in [2.05, 4.69) is 28.9 Å². The molecule has 1 spiro atoms. The highest BCUT2D eigenvalue weighted by Gasteiger charge is 2.51. The van der Waals surface area contributed by atoms with E-state index in [0.717, 1.165) is 29.8 Å². The number of ether oxygens (including phenoxy) is 2. The van der Waals surface area contributed by atoms with Crippen LogP contribution in [-0.4, -0.2) is 42.7 Å². The van der Waals surface area contributed by atoms with Crippen molar-refractivity contribution in [2.75, 3.05) is 27.3 Å². The quantitative estimate of drug-likeness (QED) is 0.899. The molecule has 140 valence electrons. The highest BCUT2D eigenvalue weighted by molar-refractivity contribution is 5.88. The number of aromatic nitrogens is 1. The lowest BCUT2D eigenvalue weighted by Gasteiger charge is -2.41. The van der Waals surface area contributed by atoms with Crippen LogP contribution < -0.4 is 9.47 Å². The largest absolute Gasteiger partial charge is 0.493 e. The third-order valence-electron chi connectivity index (χ3n) is 7.37. The second kappa shape index (κ2) is 5.91. The fourth-order valence-electron chi connectivity index (χ4n) is 6.24. The molecule has 1 N–H and O–H groups in total. The maximum Gasteiger partial charge on any atom is 0.162 e. The number of benzene rings is 1. The zero-order valence-electron chi connectivity index (χ0n) is 16.2. The molecule has 1 aliphatic carbocycles. The zero-order chi connectivity index (χ0) is 17.9. The Balaban J connectivity index is 1.59. The van der Waals surface area contributed by atoms with E-state index in [1.807, 2.05) is 0 Å². The lowest BCUT2D eigenvalue weighted by atomic mass is 9.71. The van der Waals surface area contributed by atoms with Gasteiger partial charge in [0.1, 0.15) is 0 Å². The normalized spacial score (nSPS) is 30.7. The predicted molar refractivity (Wildman–Crippen MR) is 104 cm³/mol. The van der Waals surface area contributed by atoms with Crippen LogP contribution in [-0.2, 0) is 12.8 Å². The van der Waals surface area contributed by atoms with Gasteiger partial charge in [0.25, 0.3) is 0 Å². The molecule has 3 aliphatic rings. The average molecular weight is 354 g/mol. The zero-order valence-corrected chi connectivity index (χ0v) is 16.2. The first-order valence-corrected chi connectivity index (χ1v) is 10.2. The van der Waals surface area contributed by atoms with Crippen LogP contribution in [0.5, 0.6) is 11.5 Å². The van der Waals surface area contributed by atoms with Crippen LogP contribution in [0.3, 0.4) is 0 Å². The molecule has 3 atom stereocenters. The molecule has 0 radical (unpaired) electrons. The van der Waals surface area contributed by atoms with E-state index >= 15 is 0 Å². The molecule has 0 unspecified atom stereocenters. The third kappa shape index (κ3) is 2.31. The Kier molecular flexibility index (Phi) is 3.75. The molecule has 1 aromatic heterocycles. The first-order valence-electron chi connectivity index (χ1n) is 10.2. The van der Waals surface area contributed by atoms with Crippen LogP contribution in [0.25, 0.3) is 10.9 Å². The van der Waals surface area contributed by atoms with E-state index in [1.54, 1.807) is 14.2 Å². The van der Waals surface area contributed by atoms with Gasteiger partial charge in [0.2, 0.25) is 0 Å². The Morgan fingerprint density at radius 1 is 1.19 bits per heavy atom. The van der Waals surface area contributed by atoms with E-state index < -0.39 is 0 Å². The summed E-state index contributed by atoms with van der Waals surface area (Å²) in [5.41, 5.74) is 4.54. The monoisotopic (exact) mass is 354 g/mol. The number of fused-ring (bicyclic) bond motifs is 4. The lowest BCUT2D eigenvalue weighted by Crippen LogP contribution is -2.47. The highest BCUT2D eigenvalue weighted by Crippen LogP contribution is 2.50. The first kappa shape index (κ1) is 16.5. The standard InChI is InChI=1S/C22H30N2O2/c1-4-14-7-15-11-22(10-14)12-19-16(5-6-24(22)13-15)17-8-20(25-2)21(26-3)9-18(17)23-19/h8-9,14-15,23H,4-7,10-13H2,1-3H3/t14-,15+,22-/m0/s1. The fraction of sp³-hybridized carbons (Fsp3) is 0.636. The van der Waals surface area contributed by atoms with E-state index in [1.165, 1.54) is 67.4 Å². The van der Waals surface area contributed by atoms with Crippen molar-refractivity contribution in [1.29, 1.82) is 0 Å². The molecule has 2 bridgehead atoms. The van der Waals surface area contributed by atoms with Crippen LogP contribution in [0.1, 0.15) is 43.9 Å². The Morgan fingerprint density at radius 3 is 2.77 bits per heavy atom. The van der Waals surface area contributed by atoms with Gasteiger partial charge in [-0.3, -0.25) is 4.90 Å². The molecule has 3 heterocycles. The Bertz CT molecular complexity index is 842. The number of rotatable bonds is 3. The van der Waals surface area contributed by atoms with Gasteiger partial charge in [0.15, 0.2) is 11.5 Å². The van der Waals surface area contributed by atoms with E-state index in [4.69, 9.17) is 9.47 Å². The molecule has 2 fully saturated rings. The first-order chi connectivity index (χ1) is 12.7. The molecule has 2 aromatic rings. The van der Waals surface area contributed by atoms with Gasteiger partial charge < -0.3 is 14.5 Å². The molecule has 26 heavy (non-hydrogen) atoms. The number of hydrogen-bond acceptors (Lipinski definition) is 3. The van der Waals surface area contributed by atoms with Crippen LogP contribution >= 0.6 is 0 Å². The Morgan fingerprint density at radius 2 is 2.00 bits per heavy atom. The van der Waals surface area contributed by atoms with Gasteiger partial charge in [-0.25, -0.2) is 0 Å². The number of nitrogens with one attached hydrogen (secondary N) is 1. The maximum atomic E-state index is 5.55. The van der Waals surface area contributed by atoms with Crippen molar-refractivity contribution in [2.24, 2.45) is 11.8 Å². The van der Waals surface area contributed by atoms with Crippen LogP contribution in [0.4, 0.5) is 0 Å². The van der Waals surface area contributed by atoms with Crippen molar-refractivity contribution in [3.63, 3.8) is 0 Å². The number of hydrogen-bond donors (Lipinski definition) is 1. The van der Waals surface area contributed by atoms with Gasteiger partial charge in [0.05, 0.1) is 14.2 Å². The molecule has 1 saturated heterocycles. The van der Waals surface area contributed by atoms with E-state index in [0.29, 0.717) is 5.54 Å². The summed E-state index contributed by atoms with van der Waals surface area (Å²) in [7, 11) is 3.43. The lowest BCUT2D eigenvalue weighted by molar-refractivity contribution is 0.103. The van der Waals surface area contributed by atoms with Crippen molar-refractivity contribution in [3.8, 4) is 11.5 Å². The Labute approximate surface area is 155 Å². The summed E-state index contributed by atoms with van der Waals surface area (Å²) in [4.78, 5) is 6.60. The smallest absolute Gasteiger partial charge is 0.162 e. The molecule has 2 aliphatic heterocycles. The summed E-state index contributed by atoms with van der Waals surface area (Å²) in [6.45, 7) is 4.89. The highest BCUT2D eigenvalue weighted by atomic mass is 16.5. The van der Waals surface area contributed by atoms with Crippen LogP contribution in [0.2, 0.25) is 0 Å². The minimum Gasteiger partial charge on any atom is -0.493 e. The van der Waals surface area contributed by atoms with E-state index in [-0.39, 0.29) is 0 Å². The number of nitrogens with zero attached hydrogens (tertiary/aromatic N) is 1. The van der Waals surface area contributed by atoms with Crippen molar-refractivity contribution in [3.05, 3.63) is 23.4 Å². The molecule has 1 aromatic carbocycles. The number of aromatic amines is 1. The van der Waals surface area contributed by atoms with Crippen LogP contribution in [0.15, 0.2) is 12.1 Å². The minimum atomic E-state index is 0.393. The Hall–Kier alpha value is -1.68. The van der Waals surface area contributed by atoms with Crippen molar-refractivity contribution in [2.45, 2.75) is 51.0 Å². The van der Waals surface area contributed by atoms with Gasteiger partial charge in [-0.15, -0.1) is 0 Å². The SMILES string of the molecule is CC[C@H]1C[C@H]2CN3CCc4c([nH]c5cc(OC)c(OC)cc45)C[C@]3(C1)C2. The predicted octanol–water partition coefficient (Wildman–Crippen LogP) is 4.16. The third-order valence-corrected chi connectivity index (χ3v) is 7.37. The topological polar surface area (TPSA) is 37.5 Å². The summed E-state index contributed by atoms with van der Waals surface area (Å²) in [6, 6.07) is 4.27. The van der Waals surface area contributed by atoms with Crippen molar-refractivity contribution in [1.82, 2.24) is 9.88 Å². The summed E-state index contributed by atoms with van der Waals surface area (Å²) in [5, 5.41) is 1.31. The van der Waals surface area contributed by atoms with Crippen molar-refractivity contribution >= 4 is 10.9 Å². The molecule has 5 rings (SSSR count). The van der Waals surface area contributed by atoms with Gasteiger partial charge in [0, 0.05) is 47.7 Å². The summed E-state index contributed by atoms with van der Waals surface area (Å²) in [5.74, 6) is 3.46. The minimum absolute atomic E-state index is 0.393. The molecule has 4 nitrogen and oxygen atoms in total. The molecule has 4 heteroatoms. The average Bonchev–Trinajstić information content (AvgIpc) is 3.06. The summed E-state index contributed by atoms with van der Waals surface area (Å²) < 4.78 is 11.1. The molecule has 1 saturated carbocycles. The maximum absolute atomic E-state index is 5.55. The fourth-order valence-corrected chi connectivity index (χ4v) is 6.24. The molecule has 0 amide bonds. The summed E-state index contributed by atoms with van der Waals surface area (Å²) in [6.07, 6.45) is 7.86. The number of methoxy groups -OCH3 is 2. The van der Waals surface area contributed by atoms with Gasteiger partial charge >= 0.3 is 0 Å². The van der Waals surface area contributed by atoms with Crippen molar-refractivity contribution < 1.29 is 9.47 Å². The number of H-pyrrole nitrogens is 1. The van der Waals surface area contributed by atoms with Gasteiger partial charge in [-0.1, -0.05) is 13.3 Å². The molecular formula is C22H30N2O2. The second-order valence-corrected chi connectivity index (χ2v) is 8.72. The van der Waals surface area contributed by atoms with Crippen LogP contribution in [0, 0.1) is 11.8 Å². The van der Waals surface area contributed by atoms with Gasteiger partial charge in [-0.2, -0.15) is 0 Å².